The Morgan fingerprint density at radius 1 is 1.38 bits per heavy atom. The Kier molecular flexibility index (Phi) is 5.95. The SMILES string of the molecule is O=C=COC(=O)C1C=NC(CS(=O)c2ccccc2)=C(C(=O)O)C1. The number of ether oxygens (including phenoxy) is 1. The molecule has 1 heterocycles. The molecule has 7 nitrogen and oxygen atoms in total. The summed E-state index contributed by atoms with van der Waals surface area (Å²) >= 11 is 0. The first kappa shape index (κ1) is 17.5. The predicted molar refractivity (Wildman–Crippen MR) is 85.3 cm³/mol. The Hall–Kier alpha value is -2.83. The number of carbonyl (C=O) groups excluding carboxylic acids is 2. The van der Waals surface area contributed by atoms with Crippen LogP contribution < -0.4 is 0 Å². The van der Waals surface area contributed by atoms with E-state index >= 15 is 0 Å². The number of carbonyl (C=O) groups is 2. The molecule has 0 saturated heterocycles. The summed E-state index contributed by atoms with van der Waals surface area (Å²) in [7, 11) is -1.45. The molecule has 24 heavy (non-hydrogen) atoms. The molecule has 0 fully saturated rings. The first-order chi connectivity index (χ1) is 11.5. The zero-order valence-corrected chi connectivity index (χ0v) is 13.2. The highest BCUT2D eigenvalue weighted by molar-refractivity contribution is 7.85. The molecule has 0 aliphatic carbocycles. The van der Waals surface area contributed by atoms with Crippen LogP contribution in [0.25, 0.3) is 0 Å². The standard InChI is InChI=1S/C16H13NO6S/c18-6-7-23-16(21)11-8-13(15(19)20)14(17-9-11)10-24(22)12-4-2-1-3-5-12/h1-5,7,9,11H,8,10H2,(H,19,20). The number of carboxylic acids is 1. The van der Waals surface area contributed by atoms with Gasteiger partial charge in [0.2, 0.25) is 0 Å². The van der Waals surface area contributed by atoms with Gasteiger partial charge in [0, 0.05) is 11.1 Å². The smallest absolute Gasteiger partial charge is 0.333 e. The molecule has 124 valence electrons. The van der Waals surface area contributed by atoms with Gasteiger partial charge in [0.05, 0.1) is 33.7 Å². The number of esters is 1. The largest absolute Gasteiger partial charge is 0.478 e. The Morgan fingerprint density at radius 3 is 2.71 bits per heavy atom. The summed E-state index contributed by atoms with van der Waals surface area (Å²) in [6.45, 7) is 0. The van der Waals surface area contributed by atoms with E-state index in [0.717, 1.165) is 0 Å². The van der Waals surface area contributed by atoms with Crippen molar-refractivity contribution < 1.29 is 28.4 Å². The molecule has 0 bridgehead atoms. The summed E-state index contributed by atoms with van der Waals surface area (Å²) < 4.78 is 16.8. The Morgan fingerprint density at radius 2 is 2.08 bits per heavy atom. The fourth-order valence-electron chi connectivity index (χ4n) is 2.08. The van der Waals surface area contributed by atoms with Gasteiger partial charge < -0.3 is 9.84 Å². The average Bonchev–Trinajstić information content (AvgIpc) is 2.60. The molecule has 1 aromatic carbocycles. The fourth-order valence-corrected chi connectivity index (χ4v) is 3.20. The van der Waals surface area contributed by atoms with E-state index in [0.29, 0.717) is 11.2 Å². The van der Waals surface area contributed by atoms with E-state index < -0.39 is 28.7 Å². The highest BCUT2D eigenvalue weighted by Gasteiger charge is 2.29. The lowest BCUT2D eigenvalue weighted by molar-refractivity contribution is -0.140. The highest BCUT2D eigenvalue weighted by Crippen LogP contribution is 2.24. The van der Waals surface area contributed by atoms with Crippen LogP contribution in [-0.4, -0.2) is 39.2 Å². The molecular formula is C16H13NO6S. The van der Waals surface area contributed by atoms with Crippen molar-refractivity contribution in [3.05, 3.63) is 47.9 Å². The lowest BCUT2D eigenvalue weighted by atomic mass is 9.96. The van der Waals surface area contributed by atoms with Crippen molar-refractivity contribution in [2.45, 2.75) is 11.3 Å². The third-order valence-corrected chi connectivity index (χ3v) is 4.57. The number of carboxylic acid groups (broad SMARTS) is 1. The molecule has 0 aromatic heterocycles. The van der Waals surface area contributed by atoms with Crippen molar-refractivity contribution >= 4 is 34.9 Å². The maximum atomic E-state index is 12.3. The van der Waals surface area contributed by atoms with Crippen LogP contribution in [0.2, 0.25) is 0 Å². The Labute approximate surface area is 139 Å². The first-order valence-electron chi connectivity index (χ1n) is 6.85. The van der Waals surface area contributed by atoms with Crippen LogP contribution in [0.4, 0.5) is 0 Å². The van der Waals surface area contributed by atoms with Crippen molar-refractivity contribution in [1.29, 1.82) is 0 Å². The quantitative estimate of drug-likeness (QED) is 0.469. The van der Waals surface area contributed by atoms with Gasteiger partial charge in [0.25, 0.3) is 0 Å². The van der Waals surface area contributed by atoms with Gasteiger partial charge in [-0.15, -0.1) is 0 Å². The lowest BCUT2D eigenvalue weighted by Gasteiger charge is -2.17. The molecule has 8 heteroatoms. The molecule has 2 unspecified atom stereocenters. The molecule has 1 aromatic rings. The van der Waals surface area contributed by atoms with Crippen LogP contribution in [0.3, 0.4) is 0 Å². The summed E-state index contributed by atoms with van der Waals surface area (Å²) in [5, 5.41) is 9.31. The minimum absolute atomic E-state index is 0.0713. The topological polar surface area (TPSA) is 110 Å². The van der Waals surface area contributed by atoms with Crippen LogP contribution in [0, 0.1) is 5.92 Å². The summed E-state index contributed by atoms with van der Waals surface area (Å²) in [5.74, 6) is -1.74. The van der Waals surface area contributed by atoms with Crippen molar-refractivity contribution in [2.75, 3.05) is 5.75 Å². The van der Waals surface area contributed by atoms with Gasteiger partial charge in [-0.05, 0) is 18.6 Å². The molecule has 0 amide bonds. The van der Waals surface area contributed by atoms with Gasteiger partial charge in [0.15, 0.2) is 12.2 Å². The maximum absolute atomic E-state index is 12.3. The second-order valence-electron chi connectivity index (χ2n) is 4.79. The zero-order chi connectivity index (χ0) is 17.5. The minimum atomic E-state index is -1.45. The first-order valence-corrected chi connectivity index (χ1v) is 8.17. The minimum Gasteiger partial charge on any atom is -0.478 e. The Bertz CT molecular complexity index is 777. The lowest BCUT2D eigenvalue weighted by Crippen LogP contribution is -2.24. The third-order valence-electron chi connectivity index (χ3n) is 3.24. The van der Waals surface area contributed by atoms with Crippen molar-refractivity contribution in [1.82, 2.24) is 0 Å². The number of aliphatic imine (C=N–C) groups is 1. The molecule has 0 spiro atoms. The number of hydrogen-bond donors (Lipinski definition) is 1. The number of nitrogens with zero attached hydrogens (tertiary/aromatic N) is 1. The Balaban J connectivity index is 2.18. The van der Waals surface area contributed by atoms with Gasteiger partial charge in [-0.2, -0.15) is 0 Å². The summed E-state index contributed by atoms with van der Waals surface area (Å²) in [4.78, 5) is 37.7. The molecule has 0 saturated carbocycles. The number of aliphatic carboxylic acids is 1. The maximum Gasteiger partial charge on any atom is 0.333 e. The second kappa shape index (κ2) is 8.14. The summed E-state index contributed by atoms with van der Waals surface area (Å²) in [5.41, 5.74) is 0.0541. The molecule has 2 atom stereocenters. The average molecular weight is 347 g/mol. The van der Waals surface area contributed by atoms with Crippen molar-refractivity contribution in [2.24, 2.45) is 10.9 Å². The van der Waals surface area contributed by atoms with Gasteiger partial charge in [-0.25, -0.2) is 9.59 Å². The summed E-state index contributed by atoms with van der Waals surface area (Å²) in [6.07, 6.45) is 1.65. The third kappa shape index (κ3) is 4.34. The van der Waals surface area contributed by atoms with Gasteiger partial charge in [-0.3, -0.25) is 14.0 Å². The van der Waals surface area contributed by atoms with Crippen LogP contribution in [-0.2, 0) is 29.9 Å². The fraction of sp³-hybridized carbons (Fsp3) is 0.188. The molecule has 0 radical (unpaired) electrons. The van der Waals surface area contributed by atoms with Crippen molar-refractivity contribution in [3.63, 3.8) is 0 Å². The van der Waals surface area contributed by atoms with E-state index in [1.165, 1.54) is 12.2 Å². The van der Waals surface area contributed by atoms with Gasteiger partial charge in [-0.1, -0.05) is 18.2 Å². The van der Waals surface area contributed by atoms with Crippen LogP contribution in [0.15, 0.2) is 57.8 Å². The molecular weight excluding hydrogens is 334 g/mol. The highest BCUT2D eigenvalue weighted by atomic mass is 32.2. The van der Waals surface area contributed by atoms with Crippen LogP contribution in [0.5, 0.6) is 0 Å². The monoisotopic (exact) mass is 347 g/mol. The van der Waals surface area contributed by atoms with Crippen LogP contribution in [0.1, 0.15) is 6.42 Å². The molecule has 1 aliphatic rings. The number of hydrogen-bond acceptors (Lipinski definition) is 6. The van der Waals surface area contributed by atoms with E-state index in [9.17, 15) is 23.7 Å². The van der Waals surface area contributed by atoms with E-state index in [-0.39, 0.29) is 23.4 Å². The van der Waals surface area contributed by atoms with E-state index in [1.807, 2.05) is 0 Å². The molecule has 2 rings (SSSR count). The van der Waals surface area contributed by atoms with Crippen LogP contribution >= 0.6 is 0 Å². The van der Waals surface area contributed by atoms with E-state index in [4.69, 9.17) is 0 Å². The van der Waals surface area contributed by atoms with E-state index in [1.54, 1.807) is 30.3 Å². The zero-order valence-electron chi connectivity index (χ0n) is 12.4. The van der Waals surface area contributed by atoms with Crippen molar-refractivity contribution in [3.8, 4) is 0 Å². The normalized spacial score (nSPS) is 17.8. The predicted octanol–water partition coefficient (Wildman–Crippen LogP) is 1.11. The van der Waals surface area contributed by atoms with E-state index in [2.05, 4.69) is 9.73 Å². The number of benzene rings is 1. The van der Waals surface area contributed by atoms with Gasteiger partial charge in [0.1, 0.15) is 0 Å². The molecule has 1 N–H and O–H groups in total. The molecule has 1 aliphatic heterocycles. The second-order valence-corrected chi connectivity index (χ2v) is 6.25. The summed E-state index contributed by atoms with van der Waals surface area (Å²) in [6, 6.07) is 8.60. The van der Waals surface area contributed by atoms with Gasteiger partial charge >= 0.3 is 11.9 Å². The number of rotatable bonds is 6.